The van der Waals surface area contributed by atoms with Gasteiger partial charge in [0.2, 0.25) is 0 Å². The Kier molecular flexibility index (Phi) is 10.8. The fraction of sp³-hybridized carbons (Fsp3) is 0.706. The van der Waals surface area contributed by atoms with Gasteiger partial charge in [-0.1, -0.05) is 19.8 Å². The van der Waals surface area contributed by atoms with Crippen LogP contribution in [0, 0.1) is 0 Å². The molecule has 4 heteroatoms. The zero-order valence-corrected chi connectivity index (χ0v) is 13.6. The van der Waals surface area contributed by atoms with Gasteiger partial charge in [0.1, 0.15) is 18.9 Å². The predicted molar refractivity (Wildman–Crippen MR) is 83.6 cm³/mol. The van der Waals surface area contributed by atoms with Gasteiger partial charge in [-0.3, -0.25) is 0 Å². The van der Waals surface area contributed by atoms with Gasteiger partial charge in [0.05, 0.1) is 19.8 Å². The van der Waals surface area contributed by atoms with E-state index in [1.807, 2.05) is 19.1 Å². The van der Waals surface area contributed by atoms with E-state index in [0.29, 0.717) is 26.4 Å². The molecule has 21 heavy (non-hydrogen) atoms. The Morgan fingerprint density at radius 1 is 0.857 bits per heavy atom. The van der Waals surface area contributed by atoms with Crippen molar-refractivity contribution in [2.24, 2.45) is 0 Å². The average molecular weight is 296 g/mol. The van der Waals surface area contributed by atoms with E-state index in [-0.39, 0.29) is 0 Å². The fourth-order valence-corrected chi connectivity index (χ4v) is 1.99. The molecule has 4 nitrogen and oxygen atoms in total. The molecule has 0 bridgehead atoms. The molecular weight excluding hydrogens is 266 g/mol. The summed E-state index contributed by atoms with van der Waals surface area (Å²) in [5, 5.41) is 0. The molecule has 0 unspecified atom stereocenters. The Hall–Kier alpha value is -1.13. The van der Waals surface area contributed by atoms with Gasteiger partial charge in [-0.25, -0.2) is 4.57 Å². The molecule has 0 N–H and O–H groups in total. The van der Waals surface area contributed by atoms with Crippen molar-refractivity contribution < 1.29 is 18.8 Å². The van der Waals surface area contributed by atoms with Crippen molar-refractivity contribution >= 4 is 0 Å². The van der Waals surface area contributed by atoms with Crippen LogP contribution in [0.5, 0.6) is 5.75 Å². The minimum Gasteiger partial charge on any atom is -0.491 e. The Morgan fingerprint density at radius 2 is 1.57 bits per heavy atom. The van der Waals surface area contributed by atoms with Crippen molar-refractivity contribution in [2.75, 3.05) is 33.0 Å². The lowest BCUT2D eigenvalue weighted by atomic mass is 10.2. The summed E-state index contributed by atoms with van der Waals surface area (Å²) < 4.78 is 18.4. The Morgan fingerprint density at radius 3 is 2.29 bits per heavy atom. The fourth-order valence-electron chi connectivity index (χ4n) is 1.99. The number of rotatable bonds is 13. The summed E-state index contributed by atoms with van der Waals surface area (Å²) in [6, 6.07) is 4.03. The number of hydrogen-bond donors (Lipinski definition) is 0. The minimum atomic E-state index is 0.576. The van der Waals surface area contributed by atoms with Gasteiger partial charge < -0.3 is 14.2 Å². The number of aromatic nitrogens is 1. The van der Waals surface area contributed by atoms with Crippen LogP contribution in [0.25, 0.3) is 0 Å². The van der Waals surface area contributed by atoms with Gasteiger partial charge in [-0.05, 0) is 13.3 Å². The molecule has 0 atom stereocenters. The van der Waals surface area contributed by atoms with Crippen LogP contribution in [0.3, 0.4) is 0 Å². The van der Waals surface area contributed by atoms with E-state index in [2.05, 4.69) is 23.9 Å². The van der Waals surface area contributed by atoms with Gasteiger partial charge in [0, 0.05) is 25.2 Å². The van der Waals surface area contributed by atoms with E-state index in [4.69, 9.17) is 14.2 Å². The Bertz CT molecular complexity index is 340. The molecule has 1 aromatic rings. The second-order valence-corrected chi connectivity index (χ2v) is 4.99. The van der Waals surface area contributed by atoms with E-state index in [0.717, 1.165) is 18.9 Å². The Labute approximate surface area is 129 Å². The van der Waals surface area contributed by atoms with Crippen LogP contribution < -0.4 is 9.30 Å². The van der Waals surface area contributed by atoms with Crippen LogP contribution in [0.4, 0.5) is 0 Å². The summed E-state index contributed by atoms with van der Waals surface area (Å²) in [6.45, 7) is 8.49. The minimum absolute atomic E-state index is 0.576. The van der Waals surface area contributed by atoms with Crippen molar-refractivity contribution in [3.05, 3.63) is 24.5 Å². The molecule has 0 aliphatic carbocycles. The lowest BCUT2D eigenvalue weighted by Crippen LogP contribution is -2.32. The van der Waals surface area contributed by atoms with Crippen molar-refractivity contribution in [1.29, 1.82) is 0 Å². The average Bonchev–Trinajstić information content (AvgIpc) is 2.52. The predicted octanol–water partition coefficient (Wildman–Crippen LogP) is 2.99. The van der Waals surface area contributed by atoms with E-state index >= 15 is 0 Å². The second kappa shape index (κ2) is 12.6. The maximum absolute atomic E-state index is 5.63. The molecule has 1 rings (SSSR count). The first-order valence-corrected chi connectivity index (χ1v) is 8.14. The molecular formula is C17H30NO3+. The summed E-state index contributed by atoms with van der Waals surface area (Å²) in [5.41, 5.74) is 0. The topological polar surface area (TPSA) is 31.6 Å². The summed E-state index contributed by atoms with van der Waals surface area (Å²) in [4.78, 5) is 0. The van der Waals surface area contributed by atoms with Gasteiger partial charge in [-0.15, -0.1) is 0 Å². The lowest BCUT2D eigenvalue weighted by molar-refractivity contribution is -0.697. The highest BCUT2D eigenvalue weighted by molar-refractivity contribution is 5.14. The maximum Gasteiger partial charge on any atom is 0.172 e. The van der Waals surface area contributed by atoms with Crippen LogP contribution in [0.15, 0.2) is 24.5 Å². The van der Waals surface area contributed by atoms with Crippen molar-refractivity contribution in [2.45, 2.75) is 46.1 Å². The molecule has 1 aromatic heterocycles. The van der Waals surface area contributed by atoms with Crippen molar-refractivity contribution in [3.8, 4) is 5.75 Å². The van der Waals surface area contributed by atoms with Crippen molar-refractivity contribution in [1.82, 2.24) is 0 Å². The van der Waals surface area contributed by atoms with E-state index in [1.165, 1.54) is 25.7 Å². The smallest absolute Gasteiger partial charge is 0.172 e. The molecule has 0 fully saturated rings. The lowest BCUT2D eigenvalue weighted by Gasteiger charge is -2.06. The molecule has 0 aliphatic heterocycles. The monoisotopic (exact) mass is 296 g/mol. The van der Waals surface area contributed by atoms with Gasteiger partial charge in [0.25, 0.3) is 0 Å². The second-order valence-electron chi connectivity index (χ2n) is 4.99. The summed E-state index contributed by atoms with van der Waals surface area (Å²) in [6.07, 6.45) is 9.32. The highest BCUT2D eigenvalue weighted by Crippen LogP contribution is 2.06. The number of nitrogens with zero attached hydrogens (tertiary/aromatic N) is 1. The molecule has 120 valence electrons. The SMILES string of the molecule is CCCCCC[n+]1ccc(OCCOCCOCC)cc1. The summed E-state index contributed by atoms with van der Waals surface area (Å²) in [5.74, 6) is 0.896. The van der Waals surface area contributed by atoms with Crippen LogP contribution in [-0.2, 0) is 16.0 Å². The first-order valence-electron chi connectivity index (χ1n) is 8.14. The summed E-state index contributed by atoms with van der Waals surface area (Å²) >= 11 is 0. The number of ether oxygens (including phenoxy) is 3. The largest absolute Gasteiger partial charge is 0.491 e. The van der Waals surface area contributed by atoms with Gasteiger partial charge in [0.15, 0.2) is 12.4 Å². The first-order chi connectivity index (χ1) is 10.4. The van der Waals surface area contributed by atoms with E-state index in [1.54, 1.807) is 0 Å². The molecule has 0 spiro atoms. The van der Waals surface area contributed by atoms with E-state index in [9.17, 15) is 0 Å². The van der Waals surface area contributed by atoms with Crippen LogP contribution >= 0.6 is 0 Å². The Balaban J connectivity index is 2.07. The normalized spacial score (nSPS) is 10.8. The molecule has 0 radical (unpaired) electrons. The molecule has 0 aliphatic rings. The molecule has 0 saturated heterocycles. The van der Waals surface area contributed by atoms with Gasteiger partial charge in [-0.2, -0.15) is 0 Å². The standard InChI is InChI=1S/C17H30NO3/c1-3-5-6-7-10-18-11-8-17(9-12-18)21-16-15-20-14-13-19-4-2/h8-9,11-12H,3-7,10,13-16H2,1-2H3/q+1. The number of pyridine rings is 1. The third kappa shape index (κ3) is 9.43. The first kappa shape index (κ1) is 17.9. The van der Waals surface area contributed by atoms with Crippen LogP contribution in [-0.4, -0.2) is 33.0 Å². The molecule has 0 aromatic carbocycles. The maximum atomic E-state index is 5.63. The van der Waals surface area contributed by atoms with Crippen LogP contribution in [0.2, 0.25) is 0 Å². The number of aryl methyl sites for hydroxylation is 1. The quantitative estimate of drug-likeness (QED) is 0.414. The molecule has 0 saturated carbocycles. The van der Waals surface area contributed by atoms with Gasteiger partial charge >= 0.3 is 0 Å². The highest BCUT2D eigenvalue weighted by atomic mass is 16.5. The van der Waals surface area contributed by atoms with Crippen LogP contribution in [0.1, 0.15) is 39.5 Å². The third-order valence-electron chi connectivity index (χ3n) is 3.20. The zero-order chi connectivity index (χ0) is 15.2. The zero-order valence-electron chi connectivity index (χ0n) is 13.6. The summed E-state index contributed by atoms with van der Waals surface area (Å²) in [7, 11) is 0. The number of hydrogen-bond acceptors (Lipinski definition) is 3. The third-order valence-corrected chi connectivity index (χ3v) is 3.20. The van der Waals surface area contributed by atoms with E-state index < -0.39 is 0 Å². The highest BCUT2D eigenvalue weighted by Gasteiger charge is 2.01. The molecule has 1 heterocycles. The number of unbranched alkanes of at least 4 members (excludes halogenated alkanes) is 3. The van der Waals surface area contributed by atoms with Crippen molar-refractivity contribution in [3.63, 3.8) is 0 Å². The molecule has 0 amide bonds.